The van der Waals surface area contributed by atoms with Crippen LogP contribution in [0.3, 0.4) is 0 Å². The minimum atomic E-state index is -0.587. The number of hydrogen-bond donors (Lipinski definition) is 2. The number of aromatic nitrogens is 2. The van der Waals surface area contributed by atoms with Crippen molar-refractivity contribution in [3.63, 3.8) is 0 Å². The summed E-state index contributed by atoms with van der Waals surface area (Å²) in [6, 6.07) is 14.1. The molecule has 1 amide bonds. The van der Waals surface area contributed by atoms with Gasteiger partial charge in [-0.2, -0.15) is 5.26 Å². The van der Waals surface area contributed by atoms with E-state index in [4.69, 9.17) is 40.5 Å². The van der Waals surface area contributed by atoms with Gasteiger partial charge in [0, 0.05) is 27.7 Å². The number of nitrogens with zero attached hydrogens (tertiary/aromatic N) is 4. The summed E-state index contributed by atoms with van der Waals surface area (Å²) in [7, 11) is 0. The lowest BCUT2D eigenvalue weighted by atomic mass is 9.76. The van der Waals surface area contributed by atoms with Gasteiger partial charge in [-0.15, -0.1) is 10.2 Å². The van der Waals surface area contributed by atoms with E-state index < -0.39 is 5.92 Å². The van der Waals surface area contributed by atoms with Gasteiger partial charge in [0.1, 0.15) is 5.82 Å². The van der Waals surface area contributed by atoms with Gasteiger partial charge < -0.3 is 11.1 Å². The Morgan fingerprint density at radius 2 is 1.90 bits per heavy atom. The molecule has 198 valence electrons. The summed E-state index contributed by atoms with van der Waals surface area (Å²) in [6.45, 7) is 0. The van der Waals surface area contributed by atoms with Crippen LogP contribution >= 0.6 is 57.9 Å². The van der Waals surface area contributed by atoms with E-state index >= 15 is 0 Å². The maximum Gasteiger partial charge on any atom is 0.234 e. The molecule has 1 unspecified atom stereocenters. The molecule has 5 rings (SSSR count). The first kappa shape index (κ1) is 27.5. The second kappa shape index (κ2) is 11.6. The van der Waals surface area contributed by atoms with Crippen LogP contribution in [0.15, 0.2) is 69.5 Å². The lowest BCUT2D eigenvalue weighted by molar-refractivity contribution is -0.116. The number of nitrogens with one attached hydrogen (secondary N) is 1. The number of allylic oxidation sites excluding steroid dienone is 3. The highest BCUT2D eigenvalue weighted by atomic mass is 35.5. The standard InChI is InChI=1S/C26H19Cl3N6O2S2/c27-14-6-4-13(5-7-14)22-16(11-30)24(31)35(19-2-1-3-20(36)23(19)22)25-33-34-26(39-25)38-12-21(37)32-18-9-8-15(28)10-17(18)29/h4-10,22H,1-3,12,31H2,(H,32,37). The zero-order valence-electron chi connectivity index (χ0n) is 20.1. The largest absolute Gasteiger partial charge is 0.384 e. The molecule has 1 aliphatic heterocycles. The first-order chi connectivity index (χ1) is 18.8. The molecule has 2 heterocycles. The van der Waals surface area contributed by atoms with Gasteiger partial charge in [0.15, 0.2) is 10.1 Å². The first-order valence-electron chi connectivity index (χ1n) is 11.7. The summed E-state index contributed by atoms with van der Waals surface area (Å²) in [6.07, 6.45) is 1.64. The van der Waals surface area contributed by atoms with Crippen LogP contribution in [-0.2, 0) is 9.59 Å². The highest BCUT2D eigenvalue weighted by Crippen LogP contribution is 2.47. The third kappa shape index (κ3) is 5.64. The number of nitriles is 1. The maximum absolute atomic E-state index is 13.2. The van der Waals surface area contributed by atoms with Gasteiger partial charge in [0.2, 0.25) is 11.0 Å². The van der Waals surface area contributed by atoms with Crippen LogP contribution in [-0.4, -0.2) is 27.6 Å². The molecule has 1 aliphatic carbocycles. The van der Waals surface area contributed by atoms with Crippen LogP contribution in [0.25, 0.3) is 0 Å². The molecular weight excluding hydrogens is 599 g/mol. The number of hydrogen-bond acceptors (Lipinski definition) is 9. The van der Waals surface area contributed by atoms with Crippen LogP contribution < -0.4 is 16.0 Å². The maximum atomic E-state index is 13.2. The van der Waals surface area contributed by atoms with Crippen LogP contribution in [0.4, 0.5) is 10.8 Å². The molecule has 0 spiro atoms. The zero-order valence-corrected chi connectivity index (χ0v) is 24.0. The van der Waals surface area contributed by atoms with Crippen molar-refractivity contribution in [2.75, 3.05) is 16.0 Å². The van der Waals surface area contributed by atoms with Crippen molar-refractivity contribution in [2.24, 2.45) is 5.73 Å². The molecule has 0 radical (unpaired) electrons. The Balaban J connectivity index is 1.41. The number of benzene rings is 2. The SMILES string of the molecule is N#CC1=C(N)N(c2nnc(SCC(=O)Nc3ccc(Cl)cc3Cl)s2)C2=C(C(=O)CCC2)C1c1ccc(Cl)cc1. The average molecular weight is 618 g/mol. The fourth-order valence-electron chi connectivity index (χ4n) is 4.55. The van der Waals surface area contributed by atoms with Gasteiger partial charge >= 0.3 is 0 Å². The van der Waals surface area contributed by atoms with Crippen molar-refractivity contribution in [1.82, 2.24) is 10.2 Å². The Kier molecular flexibility index (Phi) is 8.16. The van der Waals surface area contributed by atoms with Gasteiger partial charge in [-0.25, -0.2) is 0 Å². The quantitative estimate of drug-likeness (QED) is 0.299. The van der Waals surface area contributed by atoms with Gasteiger partial charge in [0.25, 0.3) is 0 Å². The molecule has 3 aromatic rings. The minimum absolute atomic E-state index is 0.0295. The topological polar surface area (TPSA) is 125 Å². The predicted octanol–water partition coefficient (Wildman–Crippen LogP) is 6.53. The highest BCUT2D eigenvalue weighted by Gasteiger charge is 2.41. The number of nitrogens with two attached hydrogens (primary N) is 1. The lowest BCUT2D eigenvalue weighted by Gasteiger charge is -2.38. The number of anilines is 2. The molecule has 0 saturated carbocycles. The molecular formula is C26H19Cl3N6O2S2. The monoisotopic (exact) mass is 616 g/mol. The summed E-state index contributed by atoms with van der Waals surface area (Å²) in [5.41, 5.74) is 9.31. The fourth-order valence-corrected chi connectivity index (χ4v) is 6.81. The van der Waals surface area contributed by atoms with Crippen LogP contribution in [0.2, 0.25) is 15.1 Å². The van der Waals surface area contributed by atoms with Crippen LogP contribution in [0.5, 0.6) is 0 Å². The number of carbonyl (C=O) groups excluding carboxylic acids is 2. The third-order valence-electron chi connectivity index (χ3n) is 6.24. The van der Waals surface area contributed by atoms with E-state index in [0.717, 1.165) is 5.56 Å². The highest BCUT2D eigenvalue weighted by molar-refractivity contribution is 8.01. The summed E-state index contributed by atoms with van der Waals surface area (Å²) in [5, 5.41) is 23.1. The molecule has 3 N–H and O–H groups in total. The Bertz CT molecular complexity index is 1580. The summed E-state index contributed by atoms with van der Waals surface area (Å²) >= 11 is 20.5. The van der Waals surface area contributed by atoms with E-state index in [2.05, 4.69) is 21.6 Å². The van der Waals surface area contributed by atoms with Crippen molar-refractivity contribution >= 4 is 80.4 Å². The van der Waals surface area contributed by atoms with Crippen molar-refractivity contribution in [2.45, 2.75) is 29.5 Å². The number of halogens is 3. The van der Waals surface area contributed by atoms with Gasteiger partial charge in [-0.1, -0.05) is 70.0 Å². The van der Waals surface area contributed by atoms with Gasteiger partial charge in [-0.3, -0.25) is 14.5 Å². The fraction of sp³-hybridized carbons (Fsp3) is 0.192. The minimum Gasteiger partial charge on any atom is -0.384 e. The van der Waals surface area contributed by atoms with Gasteiger partial charge in [-0.05, 0) is 48.7 Å². The predicted molar refractivity (Wildman–Crippen MR) is 155 cm³/mol. The molecule has 1 aromatic heterocycles. The molecule has 39 heavy (non-hydrogen) atoms. The van der Waals surface area contributed by atoms with E-state index in [9.17, 15) is 14.9 Å². The normalized spacial score (nSPS) is 17.2. The number of Topliss-reactive ketones (excluding diaryl/α,β-unsaturated/α-hetero) is 1. The van der Waals surface area contributed by atoms with Gasteiger partial charge in [0.05, 0.1) is 34.0 Å². The number of carbonyl (C=O) groups is 2. The molecule has 8 nitrogen and oxygen atoms in total. The first-order valence-corrected chi connectivity index (χ1v) is 14.6. The Labute approximate surface area is 247 Å². The molecule has 1 atom stereocenters. The van der Waals surface area contributed by atoms with Crippen molar-refractivity contribution in [3.8, 4) is 6.07 Å². The number of rotatable bonds is 6. The van der Waals surface area contributed by atoms with Crippen LogP contribution in [0.1, 0.15) is 30.7 Å². The van der Waals surface area contributed by atoms with Crippen molar-refractivity contribution in [1.29, 1.82) is 5.26 Å². The van der Waals surface area contributed by atoms with Crippen LogP contribution in [0, 0.1) is 11.3 Å². The molecule has 0 fully saturated rings. The Morgan fingerprint density at radius 1 is 1.15 bits per heavy atom. The van der Waals surface area contributed by atoms with E-state index in [0.29, 0.717) is 60.8 Å². The van der Waals surface area contributed by atoms with E-state index in [1.54, 1.807) is 35.2 Å². The van der Waals surface area contributed by atoms with Crippen molar-refractivity contribution in [3.05, 3.63) is 85.8 Å². The number of thioether (sulfide) groups is 1. The molecule has 2 aliphatic rings. The Morgan fingerprint density at radius 3 is 2.62 bits per heavy atom. The molecule has 0 saturated heterocycles. The summed E-state index contributed by atoms with van der Waals surface area (Å²) in [4.78, 5) is 27.4. The van der Waals surface area contributed by atoms with E-state index in [1.807, 2.05) is 12.1 Å². The molecule has 2 aromatic carbocycles. The van der Waals surface area contributed by atoms with E-state index in [-0.39, 0.29) is 28.8 Å². The average Bonchev–Trinajstić information content (AvgIpc) is 3.37. The number of ketones is 1. The molecule has 13 heteroatoms. The number of amides is 1. The Hall–Kier alpha value is -3.07. The third-order valence-corrected chi connectivity index (χ3v) is 9.08. The van der Waals surface area contributed by atoms with E-state index in [1.165, 1.54) is 23.1 Å². The second-order valence-electron chi connectivity index (χ2n) is 8.68. The summed E-state index contributed by atoms with van der Waals surface area (Å²) < 4.78 is 0.526. The summed E-state index contributed by atoms with van der Waals surface area (Å²) in [5.74, 6) is -0.630. The smallest absolute Gasteiger partial charge is 0.234 e. The lowest BCUT2D eigenvalue weighted by Crippen LogP contribution is -2.38. The van der Waals surface area contributed by atoms with Crippen molar-refractivity contribution < 1.29 is 9.59 Å². The second-order valence-corrected chi connectivity index (χ2v) is 12.1. The molecule has 0 bridgehead atoms. The zero-order chi connectivity index (χ0) is 27.7.